The van der Waals surface area contributed by atoms with Gasteiger partial charge in [0.15, 0.2) is 0 Å². The van der Waals surface area contributed by atoms with Crippen LogP contribution in [0, 0.1) is 0 Å². The van der Waals surface area contributed by atoms with E-state index in [2.05, 4.69) is 33.2 Å². The second kappa shape index (κ2) is 3.46. The summed E-state index contributed by atoms with van der Waals surface area (Å²) in [5, 5.41) is 3.56. The largest absolute Gasteiger partial charge is 0.246 e. The summed E-state index contributed by atoms with van der Waals surface area (Å²) < 4.78 is 0. The molecule has 1 aliphatic rings. The lowest BCUT2D eigenvalue weighted by Gasteiger charge is -1.96. The van der Waals surface area contributed by atoms with E-state index in [1.54, 1.807) is 0 Å². The summed E-state index contributed by atoms with van der Waals surface area (Å²) in [5.74, 6) is 0.814. The lowest BCUT2D eigenvalue weighted by Crippen LogP contribution is -1.96. The summed E-state index contributed by atoms with van der Waals surface area (Å²) in [6.07, 6.45) is 3.77. The molecule has 12 heavy (non-hydrogen) atoms. The van der Waals surface area contributed by atoms with Gasteiger partial charge in [-0.15, -0.1) is 11.3 Å². The second-order valence-corrected chi connectivity index (χ2v) is 5.89. The number of nitrogens with zero attached hydrogens (tertiary/aromatic N) is 1. The summed E-state index contributed by atoms with van der Waals surface area (Å²) in [5.41, 5.74) is 1.26. The molecule has 0 amide bonds. The summed E-state index contributed by atoms with van der Waals surface area (Å²) >= 11 is 5.37. The van der Waals surface area contributed by atoms with Crippen molar-refractivity contribution < 1.29 is 0 Å². The predicted octanol–water partition coefficient (Wildman–Crippen LogP) is 3.35. The highest BCUT2D eigenvalue weighted by atomic mass is 79.9. The van der Waals surface area contributed by atoms with Crippen LogP contribution in [0.3, 0.4) is 0 Å². The molecule has 66 valence electrons. The zero-order chi connectivity index (χ0) is 8.55. The number of halogens is 1. The maximum Gasteiger partial charge on any atom is 0.0959 e. The van der Waals surface area contributed by atoms with Gasteiger partial charge in [0.25, 0.3) is 0 Å². The van der Waals surface area contributed by atoms with Gasteiger partial charge in [0.05, 0.1) is 10.7 Å². The Morgan fingerprint density at radius 3 is 3.08 bits per heavy atom. The van der Waals surface area contributed by atoms with Gasteiger partial charge < -0.3 is 0 Å². The van der Waals surface area contributed by atoms with Crippen molar-refractivity contribution in [3.63, 3.8) is 0 Å². The first kappa shape index (κ1) is 8.70. The third kappa shape index (κ3) is 2.07. The first-order valence-electron chi connectivity index (χ1n) is 4.34. The molecule has 0 aromatic carbocycles. The summed E-state index contributed by atoms with van der Waals surface area (Å²) in [7, 11) is 0. The van der Waals surface area contributed by atoms with Crippen LogP contribution in [0.25, 0.3) is 0 Å². The number of rotatable bonds is 3. The maximum atomic E-state index is 4.60. The Hall–Kier alpha value is 0.110. The maximum absolute atomic E-state index is 4.60. The highest BCUT2D eigenvalue weighted by molar-refractivity contribution is 9.09. The van der Waals surface area contributed by atoms with Crippen molar-refractivity contribution >= 4 is 27.3 Å². The number of hydrogen-bond acceptors (Lipinski definition) is 2. The Morgan fingerprint density at radius 2 is 2.50 bits per heavy atom. The molecule has 0 aliphatic heterocycles. The molecule has 0 N–H and O–H groups in total. The van der Waals surface area contributed by atoms with Gasteiger partial charge in [-0.25, -0.2) is 4.98 Å². The van der Waals surface area contributed by atoms with Gasteiger partial charge in [-0.1, -0.05) is 22.9 Å². The lowest BCUT2D eigenvalue weighted by molar-refractivity contribution is 0.908. The molecule has 1 aromatic heterocycles. The Bertz CT molecular complexity index is 265. The monoisotopic (exact) mass is 245 g/mol. The fourth-order valence-electron chi connectivity index (χ4n) is 1.22. The van der Waals surface area contributed by atoms with Crippen molar-refractivity contribution in [2.45, 2.75) is 36.9 Å². The molecular formula is C9H12BrNS. The summed E-state index contributed by atoms with van der Waals surface area (Å²) in [6.45, 7) is 2.16. The van der Waals surface area contributed by atoms with Crippen molar-refractivity contribution in [1.29, 1.82) is 0 Å². The topological polar surface area (TPSA) is 12.9 Å². The van der Waals surface area contributed by atoms with E-state index in [4.69, 9.17) is 0 Å². The quantitative estimate of drug-likeness (QED) is 0.745. The van der Waals surface area contributed by atoms with Crippen LogP contribution in [0.15, 0.2) is 5.38 Å². The molecule has 1 heterocycles. The van der Waals surface area contributed by atoms with E-state index < -0.39 is 0 Å². The van der Waals surface area contributed by atoms with E-state index >= 15 is 0 Å². The van der Waals surface area contributed by atoms with E-state index in [-0.39, 0.29) is 0 Å². The van der Waals surface area contributed by atoms with E-state index in [1.165, 1.54) is 23.5 Å². The molecule has 0 bridgehead atoms. The molecule has 1 fully saturated rings. The van der Waals surface area contributed by atoms with Gasteiger partial charge in [-0.05, 0) is 12.8 Å². The predicted molar refractivity (Wildman–Crippen MR) is 56.2 cm³/mol. The van der Waals surface area contributed by atoms with Gasteiger partial charge in [-0.2, -0.15) is 0 Å². The molecule has 1 aromatic rings. The van der Waals surface area contributed by atoms with Crippen molar-refractivity contribution in [3.05, 3.63) is 16.1 Å². The zero-order valence-corrected chi connectivity index (χ0v) is 9.49. The molecule has 1 atom stereocenters. The normalized spacial score (nSPS) is 19.5. The minimum absolute atomic E-state index is 0.548. The van der Waals surface area contributed by atoms with Crippen LogP contribution in [-0.2, 0) is 6.42 Å². The van der Waals surface area contributed by atoms with Crippen LogP contribution < -0.4 is 0 Å². The molecule has 1 nitrogen and oxygen atoms in total. The van der Waals surface area contributed by atoms with Crippen LogP contribution in [0.4, 0.5) is 0 Å². The van der Waals surface area contributed by atoms with Crippen LogP contribution in [-0.4, -0.2) is 9.81 Å². The molecule has 0 spiro atoms. The fraction of sp³-hybridized carbons (Fsp3) is 0.667. The van der Waals surface area contributed by atoms with Crippen molar-refractivity contribution in [2.24, 2.45) is 0 Å². The fourth-order valence-corrected chi connectivity index (χ4v) is 2.56. The van der Waals surface area contributed by atoms with Gasteiger partial charge >= 0.3 is 0 Å². The van der Waals surface area contributed by atoms with Crippen LogP contribution in [0.1, 0.15) is 36.4 Å². The number of alkyl halides is 1. The van der Waals surface area contributed by atoms with Gasteiger partial charge in [-0.3, -0.25) is 0 Å². The molecule has 0 radical (unpaired) electrons. The number of aromatic nitrogens is 1. The molecule has 1 unspecified atom stereocenters. The lowest BCUT2D eigenvalue weighted by atomic mass is 10.3. The van der Waals surface area contributed by atoms with Crippen LogP contribution >= 0.6 is 27.3 Å². The minimum atomic E-state index is 0.548. The minimum Gasteiger partial charge on any atom is -0.246 e. The van der Waals surface area contributed by atoms with Crippen LogP contribution in [0.2, 0.25) is 0 Å². The smallest absolute Gasteiger partial charge is 0.0959 e. The molecular weight excluding hydrogens is 234 g/mol. The highest BCUT2D eigenvalue weighted by Crippen LogP contribution is 2.41. The third-order valence-corrected chi connectivity index (χ3v) is 3.37. The van der Waals surface area contributed by atoms with Gasteiger partial charge in [0, 0.05) is 22.5 Å². The third-order valence-electron chi connectivity index (χ3n) is 1.99. The van der Waals surface area contributed by atoms with Crippen molar-refractivity contribution in [1.82, 2.24) is 4.98 Å². The standard InChI is InChI=1S/C9H12BrNS/c1-6(10)4-8-5-12-9(11-8)7-2-3-7/h5-7H,2-4H2,1H3. The average Bonchev–Trinajstić information content (AvgIpc) is 2.73. The van der Waals surface area contributed by atoms with Crippen LogP contribution in [0.5, 0.6) is 0 Å². The Kier molecular flexibility index (Phi) is 2.51. The van der Waals surface area contributed by atoms with Crippen molar-refractivity contribution in [2.75, 3.05) is 0 Å². The SMILES string of the molecule is CC(Br)Cc1csc(C2CC2)n1. The molecule has 3 heteroatoms. The highest BCUT2D eigenvalue weighted by Gasteiger charge is 2.26. The Labute approximate surface area is 85.3 Å². The second-order valence-electron chi connectivity index (χ2n) is 3.44. The van der Waals surface area contributed by atoms with E-state index in [1.807, 2.05) is 11.3 Å². The van der Waals surface area contributed by atoms with Crippen molar-refractivity contribution in [3.8, 4) is 0 Å². The average molecular weight is 246 g/mol. The Morgan fingerprint density at radius 1 is 1.75 bits per heavy atom. The first-order chi connectivity index (χ1) is 5.75. The van der Waals surface area contributed by atoms with E-state index in [0.717, 1.165) is 12.3 Å². The number of thiazole rings is 1. The zero-order valence-electron chi connectivity index (χ0n) is 7.09. The molecule has 2 rings (SSSR count). The Balaban J connectivity index is 2.03. The van der Waals surface area contributed by atoms with E-state index in [0.29, 0.717) is 4.83 Å². The van der Waals surface area contributed by atoms with Gasteiger partial charge in [0.2, 0.25) is 0 Å². The number of hydrogen-bond donors (Lipinski definition) is 0. The summed E-state index contributed by atoms with van der Waals surface area (Å²) in [4.78, 5) is 5.15. The first-order valence-corrected chi connectivity index (χ1v) is 6.13. The molecule has 0 saturated heterocycles. The molecule has 1 saturated carbocycles. The van der Waals surface area contributed by atoms with Gasteiger partial charge in [0.1, 0.15) is 0 Å². The summed E-state index contributed by atoms with van der Waals surface area (Å²) in [6, 6.07) is 0. The molecule has 1 aliphatic carbocycles. The van der Waals surface area contributed by atoms with E-state index in [9.17, 15) is 0 Å².